The number of hydrogen-bond acceptors (Lipinski definition) is 3. The first-order valence-electron chi connectivity index (χ1n) is 6.70. The summed E-state index contributed by atoms with van der Waals surface area (Å²) in [5.74, 6) is 1.10. The molecule has 0 saturated carbocycles. The van der Waals surface area contributed by atoms with Crippen molar-refractivity contribution in [3.05, 3.63) is 24.3 Å². The van der Waals surface area contributed by atoms with Gasteiger partial charge in [0.1, 0.15) is 0 Å². The van der Waals surface area contributed by atoms with Crippen LogP contribution in [0.2, 0.25) is 0 Å². The van der Waals surface area contributed by atoms with Crippen LogP contribution in [0.5, 0.6) is 0 Å². The molecule has 0 spiro atoms. The van der Waals surface area contributed by atoms with Gasteiger partial charge in [0, 0.05) is 32.7 Å². The predicted octanol–water partition coefficient (Wildman–Crippen LogP) is 1.76. The molecular weight excluding hydrogens is 224 g/mol. The van der Waals surface area contributed by atoms with Crippen LogP contribution in [-0.2, 0) is 7.05 Å². The van der Waals surface area contributed by atoms with Crippen molar-refractivity contribution in [3.8, 4) is 0 Å². The van der Waals surface area contributed by atoms with Crippen LogP contribution in [0, 0.1) is 0 Å². The summed E-state index contributed by atoms with van der Waals surface area (Å²) in [6, 6.07) is 8.89. The fraction of sp³-hybridized carbons (Fsp3) is 0.500. The van der Waals surface area contributed by atoms with Crippen molar-refractivity contribution in [2.75, 3.05) is 24.5 Å². The molecule has 4 heteroatoms. The Morgan fingerprint density at radius 1 is 1.39 bits per heavy atom. The van der Waals surface area contributed by atoms with Gasteiger partial charge in [0.15, 0.2) is 0 Å². The Morgan fingerprint density at radius 2 is 2.22 bits per heavy atom. The van der Waals surface area contributed by atoms with Crippen LogP contribution in [0.4, 0.5) is 5.95 Å². The fourth-order valence-corrected chi connectivity index (χ4v) is 2.78. The minimum absolute atomic E-state index is 0.550. The number of nitrogens with zero attached hydrogens (tertiary/aromatic N) is 3. The van der Waals surface area contributed by atoms with Gasteiger partial charge in [-0.15, -0.1) is 0 Å². The second-order valence-corrected chi connectivity index (χ2v) is 4.92. The topological polar surface area (TPSA) is 33.1 Å². The molecule has 1 saturated heterocycles. The van der Waals surface area contributed by atoms with Crippen molar-refractivity contribution in [2.24, 2.45) is 7.05 Å². The van der Waals surface area contributed by atoms with Crippen LogP contribution in [0.3, 0.4) is 0 Å². The average Bonchev–Trinajstić information content (AvgIpc) is 2.76. The molecule has 2 heterocycles. The fourth-order valence-electron chi connectivity index (χ4n) is 2.78. The van der Waals surface area contributed by atoms with Crippen molar-refractivity contribution in [1.29, 1.82) is 0 Å². The summed E-state index contributed by atoms with van der Waals surface area (Å²) < 4.78 is 2.21. The number of nitrogens with one attached hydrogen (secondary N) is 1. The Kier molecular flexibility index (Phi) is 2.96. The number of benzene rings is 1. The second kappa shape index (κ2) is 4.61. The third kappa shape index (κ3) is 1.77. The van der Waals surface area contributed by atoms with E-state index in [1.54, 1.807) is 0 Å². The molecule has 1 fully saturated rings. The maximum absolute atomic E-state index is 4.80. The summed E-state index contributed by atoms with van der Waals surface area (Å²) in [5.41, 5.74) is 2.30. The van der Waals surface area contributed by atoms with Gasteiger partial charge in [-0.1, -0.05) is 19.1 Å². The highest BCUT2D eigenvalue weighted by Crippen LogP contribution is 2.23. The molecule has 1 atom stereocenters. The Morgan fingerprint density at radius 3 is 3.00 bits per heavy atom. The van der Waals surface area contributed by atoms with E-state index in [1.165, 1.54) is 5.52 Å². The number of hydrogen-bond donors (Lipinski definition) is 1. The van der Waals surface area contributed by atoms with E-state index in [0.717, 1.165) is 37.5 Å². The summed E-state index contributed by atoms with van der Waals surface area (Å²) >= 11 is 0. The molecule has 0 aliphatic carbocycles. The van der Waals surface area contributed by atoms with Gasteiger partial charge in [-0.25, -0.2) is 4.98 Å². The van der Waals surface area contributed by atoms with E-state index in [4.69, 9.17) is 4.98 Å². The van der Waals surface area contributed by atoms with E-state index in [-0.39, 0.29) is 0 Å². The first-order valence-corrected chi connectivity index (χ1v) is 6.70. The average molecular weight is 244 g/mol. The van der Waals surface area contributed by atoms with E-state index >= 15 is 0 Å². The molecule has 1 aromatic carbocycles. The molecule has 4 nitrogen and oxygen atoms in total. The van der Waals surface area contributed by atoms with Gasteiger partial charge in [0.05, 0.1) is 11.0 Å². The van der Waals surface area contributed by atoms with Crippen molar-refractivity contribution in [3.63, 3.8) is 0 Å². The molecule has 3 rings (SSSR count). The van der Waals surface area contributed by atoms with Gasteiger partial charge in [-0.2, -0.15) is 0 Å². The lowest BCUT2D eigenvalue weighted by molar-refractivity contribution is 0.456. The van der Waals surface area contributed by atoms with Gasteiger partial charge < -0.3 is 14.8 Å². The van der Waals surface area contributed by atoms with Gasteiger partial charge in [-0.05, 0) is 18.6 Å². The zero-order valence-electron chi connectivity index (χ0n) is 11.1. The van der Waals surface area contributed by atoms with Crippen molar-refractivity contribution in [2.45, 2.75) is 19.4 Å². The molecule has 0 radical (unpaired) electrons. The SMILES string of the molecule is CCC1CNCCN1c1nc2ccccc2n1C. The maximum Gasteiger partial charge on any atom is 0.206 e. The molecule has 0 bridgehead atoms. The quantitative estimate of drug-likeness (QED) is 0.874. The standard InChI is InChI=1S/C14H20N4/c1-3-11-10-15-8-9-18(11)14-16-12-6-4-5-7-13(12)17(14)2/h4-7,11,15H,3,8-10H2,1-2H3. The highest BCUT2D eigenvalue weighted by atomic mass is 15.3. The van der Waals surface area contributed by atoms with Crippen LogP contribution >= 0.6 is 0 Å². The summed E-state index contributed by atoms with van der Waals surface area (Å²) in [6.07, 6.45) is 1.15. The molecular formula is C14H20N4. The largest absolute Gasteiger partial charge is 0.337 e. The van der Waals surface area contributed by atoms with Crippen LogP contribution in [0.25, 0.3) is 11.0 Å². The molecule has 96 valence electrons. The van der Waals surface area contributed by atoms with Crippen LogP contribution < -0.4 is 10.2 Å². The van der Waals surface area contributed by atoms with E-state index in [1.807, 2.05) is 6.07 Å². The molecule has 1 N–H and O–H groups in total. The van der Waals surface area contributed by atoms with E-state index in [0.29, 0.717) is 6.04 Å². The first-order chi connectivity index (χ1) is 8.81. The molecule has 1 aliphatic rings. The Hall–Kier alpha value is -1.55. The Labute approximate surface area is 108 Å². The summed E-state index contributed by atoms with van der Waals surface area (Å²) in [7, 11) is 2.11. The lowest BCUT2D eigenvalue weighted by atomic mass is 10.1. The highest BCUT2D eigenvalue weighted by Gasteiger charge is 2.24. The van der Waals surface area contributed by atoms with Crippen LogP contribution in [-0.4, -0.2) is 35.2 Å². The van der Waals surface area contributed by atoms with Gasteiger partial charge in [0.25, 0.3) is 0 Å². The van der Waals surface area contributed by atoms with Gasteiger partial charge >= 0.3 is 0 Å². The van der Waals surface area contributed by atoms with Crippen molar-refractivity contribution < 1.29 is 0 Å². The Bertz CT molecular complexity index is 546. The summed E-state index contributed by atoms with van der Waals surface area (Å²) in [5, 5.41) is 3.46. The monoisotopic (exact) mass is 244 g/mol. The predicted molar refractivity (Wildman–Crippen MR) is 75.0 cm³/mol. The van der Waals surface area contributed by atoms with Gasteiger partial charge in [0.2, 0.25) is 5.95 Å². The highest BCUT2D eigenvalue weighted by molar-refractivity contribution is 5.78. The number of imidazole rings is 1. The number of fused-ring (bicyclic) bond motifs is 1. The molecule has 1 unspecified atom stereocenters. The summed E-state index contributed by atoms with van der Waals surface area (Å²) in [4.78, 5) is 7.24. The number of aryl methyl sites for hydroxylation is 1. The second-order valence-electron chi connectivity index (χ2n) is 4.92. The number of rotatable bonds is 2. The zero-order valence-corrected chi connectivity index (χ0v) is 11.1. The molecule has 1 aliphatic heterocycles. The minimum Gasteiger partial charge on any atom is -0.337 e. The van der Waals surface area contributed by atoms with Crippen molar-refractivity contribution >= 4 is 17.0 Å². The smallest absolute Gasteiger partial charge is 0.206 e. The summed E-state index contributed by atoms with van der Waals surface area (Å²) in [6.45, 7) is 5.38. The number of anilines is 1. The maximum atomic E-state index is 4.80. The third-order valence-electron chi connectivity index (χ3n) is 3.84. The lowest BCUT2D eigenvalue weighted by Gasteiger charge is -2.36. The zero-order chi connectivity index (χ0) is 12.5. The Balaban J connectivity index is 2.04. The number of aromatic nitrogens is 2. The molecule has 0 amide bonds. The molecule has 1 aromatic heterocycles. The van der Waals surface area contributed by atoms with E-state index in [9.17, 15) is 0 Å². The minimum atomic E-state index is 0.550. The van der Waals surface area contributed by atoms with Gasteiger partial charge in [-0.3, -0.25) is 0 Å². The van der Waals surface area contributed by atoms with E-state index < -0.39 is 0 Å². The van der Waals surface area contributed by atoms with Crippen LogP contribution in [0.1, 0.15) is 13.3 Å². The first kappa shape index (κ1) is 11.5. The number of para-hydroxylation sites is 2. The normalized spacial score (nSPS) is 20.6. The lowest BCUT2D eigenvalue weighted by Crippen LogP contribution is -2.52. The number of piperazine rings is 1. The third-order valence-corrected chi connectivity index (χ3v) is 3.84. The van der Waals surface area contributed by atoms with Crippen LogP contribution in [0.15, 0.2) is 24.3 Å². The molecule has 2 aromatic rings. The molecule has 18 heavy (non-hydrogen) atoms. The van der Waals surface area contributed by atoms with E-state index in [2.05, 4.69) is 47.0 Å². The van der Waals surface area contributed by atoms with Crippen molar-refractivity contribution in [1.82, 2.24) is 14.9 Å².